The zero-order valence-electron chi connectivity index (χ0n) is 18.4. The highest BCUT2D eigenvalue weighted by Crippen LogP contribution is 2.36. The van der Waals surface area contributed by atoms with E-state index >= 15 is 0 Å². The van der Waals surface area contributed by atoms with Crippen molar-refractivity contribution >= 4 is 16.7 Å². The fraction of sp³-hybridized carbons (Fsp3) is 0.207. The highest BCUT2D eigenvalue weighted by Gasteiger charge is 2.31. The van der Waals surface area contributed by atoms with Crippen molar-refractivity contribution in [1.29, 1.82) is 0 Å². The minimum absolute atomic E-state index is 0.0453. The molecule has 33 heavy (non-hydrogen) atoms. The number of para-hydroxylation sites is 1. The molecule has 1 aliphatic rings. The van der Waals surface area contributed by atoms with Gasteiger partial charge in [-0.15, -0.1) is 0 Å². The first-order chi connectivity index (χ1) is 16.2. The molecule has 1 saturated heterocycles. The van der Waals surface area contributed by atoms with Crippen molar-refractivity contribution in [3.05, 3.63) is 108 Å². The largest absolute Gasteiger partial charge is 0.481 e. The van der Waals surface area contributed by atoms with E-state index in [1.54, 1.807) is 0 Å². The van der Waals surface area contributed by atoms with E-state index in [4.69, 9.17) is 4.74 Å². The number of benzene rings is 4. The Hall–Kier alpha value is -3.63. The summed E-state index contributed by atoms with van der Waals surface area (Å²) in [5.41, 5.74) is 2.27. The Balaban J connectivity index is 1.54. The van der Waals surface area contributed by atoms with Gasteiger partial charge in [0, 0.05) is 6.54 Å². The highest BCUT2D eigenvalue weighted by atomic mass is 16.5. The van der Waals surface area contributed by atoms with Crippen molar-refractivity contribution in [3.63, 3.8) is 0 Å². The summed E-state index contributed by atoms with van der Waals surface area (Å²) in [7, 11) is 0. The van der Waals surface area contributed by atoms with Crippen molar-refractivity contribution in [3.8, 4) is 11.5 Å². The van der Waals surface area contributed by atoms with E-state index in [0.29, 0.717) is 6.54 Å². The van der Waals surface area contributed by atoms with Gasteiger partial charge in [0.25, 0.3) is 0 Å². The van der Waals surface area contributed by atoms with Crippen molar-refractivity contribution in [2.75, 3.05) is 13.1 Å². The molecule has 2 atom stereocenters. The zero-order chi connectivity index (χ0) is 22.6. The number of aliphatic carboxylic acids is 1. The summed E-state index contributed by atoms with van der Waals surface area (Å²) in [5.74, 6) is 0.515. The van der Waals surface area contributed by atoms with Crippen LogP contribution in [-0.4, -0.2) is 29.1 Å². The van der Waals surface area contributed by atoms with Crippen LogP contribution in [0, 0.1) is 5.92 Å². The molecule has 0 bridgehead atoms. The zero-order valence-corrected chi connectivity index (χ0v) is 18.4. The number of fused-ring (bicyclic) bond motifs is 1. The molecule has 0 aromatic heterocycles. The van der Waals surface area contributed by atoms with E-state index in [0.717, 1.165) is 42.0 Å². The van der Waals surface area contributed by atoms with Crippen molar-refractivity contribution in [2.45, 2.75) is 18.9 Å². The molecule has 4 nitrogen and oxygen atoms in total. The SMILES string of the molecule is O=C(O)C1CCCN(C(c2cccc(Oc3ccccc3)c2)c2ccc3ccccc3c2)C1. The molecule has 0 aliphatic carbocycles. The van der Waals surface area contributed by atoms with Crippen LogP contribution in [0.4, 0.5) is 0 Å². The van der Waals surface area contributed by atoms with Gasteiger partial charge in [-0.05, 0) is 71.6 Å². The molecule has 2 unspecified atom stereocenters. The number of hydrogen-bond acceptors (Lipinski definition) is 3. The molecule has 4 aromatic rings. The third-order valence-corrected chi connectivity index (χ3v) is 6.41. The van der Waals surface area contributed by atoms with E-state index in [2.05, 4.69) is 53.4 Å². The Morgan fingerprint density at radius 3 is 2.36 bits per heavy atom. The van der Waals surface area contributed by atoms with Crippen LogP contribution in [0.1, 0.15) is 30.0 Å². The van der Waals surface area contributed by atoms with E-state index in [1.807, 2.05) is 48.5 Å². The van der Waals surface area contributed by atoms with Gasteiger partial charge < -0.3 is 9.84 Å². The van der Waals surface area contributed by atoms with Gasteiger partial charge in [0.15, 0.2) is 0 Å². The topological polar surface area (TPSA) is 49.8 Å². The van der Waals surface area contributed by atoms with Gasteiger partial charge in [0.2, 0.25) is 0 Å². The molecule has 1 fully saturated rings. The normalized spacial score (nSPS) is 17.5. The van der Waals surface area contributed by atoms with Crippen LogP contribution in [0.15, 0.2) is 97.1 Å². The van der Waals surface area contributed by atoms with Crippen molar-refractivity contribution in [2.24, 2.45) is 5.92 Å². The third-order valence-electron chi connectivity index (χ3n) is 6.41. The lowest BCUT2D eigenvalue weighted by Crippen LogP contribution is -2.41. The maximum atomic E-state index is 11.8. The summed E-state index contributed by atoms with van der Waals surface area (Å²) in [6, 6.07) is 32.8. The molecule has 1 heterocycles. The lowest BCUT2D eigenvalue weighted by molar-refractivity contribution is -0.143. The number of nitrogens with zero attached hydrogens (tertiary/aromatic N) is 1. The quantitative estimate of drug-likeness (QED) is 0.373. The number of piperidine rings is 1. The standard InChI is InChI=1S/C29H27NO3/c31-29(32)25-11-7-17-30(20-25)28(24-16-15-21-8-4-5-9-22(21)18-24)23-10-6-14-27(19-23)33-26-12-2-1-3-13-26/h1-6,8-10,12-16,18-19,25,28H,7,11,17,20H2,(H,31,32). The molecule has 166 valence electrons. The maximum absolute atomic E-state index is 11.8. The minimum atomic E-state index is -0.710. The molecule has 1 N–H and O–H groups in total. The van der Waals surface area contributed by atoms with Gasteiger partial charge in [0.1, 0.15) is 11.5 Å². The highest BCUT2D eigenvalue weighted by molar-refractivity contribution is 5.83. The lowest BCUT2D eigenvalue weighted by atomic mass is 9.90. The number of hydrogen-bond donors (Lipinski definition) is 1. The first-order valence-electron chi connectivity index (χ1n) is 11.5. The van der Waals surface area contributed by atoms with Gasteiger partial charge in [-0.3, -0.25) is 9.69 Å². The van der Waals surface area contributed by atoms with Crippen LogP contribution < -0.4 is 4.74 Å². The Kier molecular flexibility index (Phi) is 6.09. The molecule has 4 aromatic carbocycles. The van der Waals surface area contributed by atoms with E-state index in [9.17, 15) is 9.90 Å². The molecular formula is C29H27NO3. The molecule has 4 heteroatoms. The second-order valence-corrected chi connectivity index (χ2v) is 8.67. The summed E-state index contributed by atoms with van der Waals surface area (Å²) >= 11 is 0. The third kappa shape index (κ3) is 4.76. The Morgan fingerprint density at radius 2 is 1.55 bits per heavy atom. The fourth-order valence-electron chi connectivity index (χ4n) is 4.81. The number of carboxylic acid groups (broad SMARTS) is 1. The molecule has 5 rings (SSSR count). The van der Waals surface area contributed by atoms with Gasteiger partial charge >= 0.3 is 5.97 Å². The molecular weight excluding hydrogens is 410 g/mol. The molecule has 0 amide bonds. The number of carbonyl (C=O) groups is 1. The second kappa shape index (κ2) is 9.47. The van der Waals surface area contributed by atoms with Crippen molar-refractivity contribution in [1.82, 2.24) is 4.90 Å². The van der Waals surface area contributed by atoms with Crippen LogP contribution in [-0.2, 0) is 4.79 Å². The molecule has 1 aliphatic heterocycles. The smallest absolute Gasteiger partial charge is 0.307 e. The second-order valence-electron chi connectivity index (χ2n) is 8.67. The van der Waals surface area contributed by atoms with E-state index in [1.165, 1.54) is 10.8 Å². The van der Waals surface area contributed by atoms with E-state index in [-0.39, 0.29) is 12.0 Å². The molecule has 0 spiro atoms. The average molecular weight is 438 g/mol. The van der Waals surface area contributed by atoms with Gasteiger partial charge in [-0.2, -0.15) is 0 Å². The van der Waals surface area contributed by atoms with Crippen LogP contribution in [0.2, 0.25) is 0 Å². The number of ether oxygens (including phenoxy) is 1. The predicted molar refractivity (Wildman–Crippen MR) is 131 cm³/mol. The molecule has 0 saturated carbocycles. The fourth-order valence-corrected chi connectivity index (χ4v) is 4.81. The average Bonchev–Trinajstić information content (AvgIpc) is 2.85. The van der Waals surface area contributed by atoms with Gasteiger partial charge in [-0.1, -0.05) is 66.7 Å². The van der Waals surface area contributed by atoms with Crippen LogP contribution in [0.5, 0.6) is 11.5 Å². The van der Waals surface area contributed by atoms with Crippen molar-refractivity contribution < 1.29 is 14.6 Å². The molecule has 0 radical (unpaired) electrons. The maximum Gasteiger partial charge on any atom is 0.307 e. The first-order valence-corrected chi connectivity index (χ1v) is 11.5. The lowest BCUT2D eigenvalue weighted by Gasteiger charge is -2.37. The Morgan fingerprint density at radius 1 is 0.818 bits per heavy atom. The number of carboxylic acids is 1. The van der Waals surface area contributed by atoms with Gasteiger partial charge in [0.05, 0.1) is 12.0 Å². The van der Waals surface area contributed by atoms with Crippen LogP contribution in [0.25, 0.3) is 10.8 Å². The summed E-state index contributed by atoms with van der Waals surface area (Å²) < 4.78 is 6.11. The van der Waals surface area contributed by atoms with Crippen LogP contribution >= 0.6 is 0 Å². The minimum Gasteiger partial charge on any atom is -0.481 e. The Bertz CT molecular complexity index is 1250. The summed E-state index contributed by atoms with van der Waals surface area (Å²) in [6.45, 7) is 1.40. The monoisotopic (exact) mass is 437 g/mol. The summed E-state index contributed by atoms with van der Waals surface area (Å²) in [5, 5.41) is 12.1. The van der Waals surface area contributed by atoms with E-state index < -0.39 is 5.97 Å². The van der Waals surface area contributed by atoms with Gasteiger partial charge in [-0.25, -0.2) is 0 Å². The summed E-state index contributed by atoms with van der Waals surface area (Å²) in [6.07, 6.45) is 1.61. The number of likely N-dealkylation sites (tertiary alicyclic amines) is 1. The first kappa shape index (κ1) is 21.2. The van der Waals surface area contributed by atoms with Crippen LogP contribution in [0.3, 0.4) is 0 Å². The predicted octanol–water partition coefficient (Wildman–Crippen LogP) is 6.52. The summed E-state index contributed by atoms with van der Waals surface area (Å²) in [4.78, 5) is 14.1. The Labute approximate surface area is 194 Å². The number of rotatable bonds is 6.